The fraction of sp³-hybridized carbons (Fsp3) is 0.533. The molecule has 4 nitrogen and oxygen atoms in total. The highest BCUT2D eigenvalue weighted by molar-refractivity contribution is 5.76. The van der Waals surface area contributed by atoms with Crippen LogP contribution in [0.4, 0.5) is 0 Å². The molecule has 19 heavy (non-hydrogen) atoms. The minimum atomic E-state index is -0.345. The molecule has 1 aromatic carbocycles. The number of imidazole rings is 1. The van der Waals surface area contributed by atoms with E-state index in [9.17, 15) is 5.11 Å². The van der Waals surface area contributed by atoms with Crippen LogP contribution in [0.1, 0.15) is 44.6 Å². The van der Waals surface area contributed by atoms with E-state index in [1.54, 1.807) is 0 Å². The zero-order chi connectivity index (χ0) is 13.6. The number of hydrogen-bond donors (Lipinski definition) is 3. The summed E-state index contributed by atoms with van der Waals surface area (Å²) in [5, 5.41) is 13.2. The molecule has 1 aliphatic heterocycles. The highest BCUT2D eigenvalue weighted by Crippen LogP contribution is 2.27. The predicted molar refractivity (Wildman–Crippen MR) is 76.2 cm³/mol. The minimum Gasteiger partial charge on any atom is -0.391 e. The van der Waals surface area contributed by atoms with Crippen LogP contribution in [0.2, 0.25) is 0 Å². The number of rotatable bonds is 1. The second kappa shape index (κ2) is 4.32. The zero-order valence-electron chi connectivity index (χ0n) is 11.7. The summed E-state index contributed by atoms with van der Waals surface area (Å²) in [5.41, 5.74) is 3.42. The van der Waals surface area contributed by atoms with Gasteiger partial charge in [0.2, 0.25) is 0 Å². The number of aliphatic hydroxyl groups excluding tert-OH is 1. The molecule has 4 heteroatoms. The Labute approximate surface area is 113 Å². The lowest BCUT2D eigenvalue weighted by molar-refractivity contribution is 0.157. The molecule has 0 aliphatic carbocycles. The van der Waals surface area contributed by atoms with Gasteiger partial charge in [0.15, 0.2) is 0 Å². The topological polar surface area (TPSA) is 60.9 Å². The van der Waals surface area contributed by atoms with Gasteiger partial charge in [0.1, 0.15) is 5.82 Å². The largest absolute Gasteiger partial charge is 0.391 e. The highest BCUT2D eigenvalue weighted by atomic mass is 16.3. The van der Waals surface area contributed by atoms with Crippen LogP contribution in [0.3, 0.4) is 0 Å². The fourth-order valence-corrected chi connectivity index (χ4v) is 2.61. The highest BCUT2D eigenvalue weighted by Gasteiger charge is 2.28. The molecular weight excluding hydrogens is 238 g/mol. The van der Waals surface area contributed by atoms with E-state index in [1.807, 2.05) is 0 Å². The molecule has 3 rings (SSSR count). The van der Waals surface area contributed by atoms with Gasteiger partial charge in [0, 0.05) is 0 Å². The average molecular weight is 259 g/mol. The van der Waals surface area contributed by atoms with E-state index in [2.05, 4.69) is 54.3 Å². The van der Waals surface area contributed by atoms with Crippen molar-refractivity contribution in [3.63, 3.8) is 0 Å². The van der Waals surface area contributed by atoms with Crippen LogP contribution in [0.25, 0.3) is 11.0 Å². The van der Waals surface area contributed by atoms with Gasteiger partial charge in [-0.1, -0.05) is 26.8 Å². The average Bonchev–Trinajstić information content (AvgIpc) is 2.91. The first-order chi connectivity index (χ1) is 8.95. The van der Waals surface area contributed by atoms with Crippen molar-refractivity contribution in [2.45, 2.75) is 44.8 Å². The first kappa shape index (κ1) is 12.6. The van der Waals surface area contributed by atoms with E-state index in [0.717, 1.165) is 29.8 Å². The lowest BCUT2D eigenvalue weighted by atomic mass is 9.87. The molecular formula is C15H21N3O. The number of aromatic amines is 1. The normalized spacial score (nSPS) is 24.2. The summed E-state index contributed by atoms with van der Waals surface area (Å²) >= 11 is 0. The second-order valence-corrected chi connectivity index (χ2v) is 6.39. The van der Waals surface area contributed by atoms with E-state index in [-0.39, 0.29) is 17.6 Å². The summed E-state index contributed by atoms with van der Waals surface area (Å²) in [6.07, 6.45) is 0.442. The first-order valence-corrected chi connectivity index (χ1v) is 6.87. The summed E-state index contributed by atoms with van der Waals surface area (Å²) in [6.45, 7) is 7.45. The molecule has 2 unspecified atom stereocenters. The summed E-state index contributed by atoms with van der Waals surface area (Å²) < 4.78 is 0. The smallest absolute Gasteiger partial charge is 0.127 e. The Morgan fingerprint density at radius 3 is 2.74 bits per heavy atom. The van der Waals surface area contributed by atoms with Crippen molar-refractivity contribution in [2.24, 2.45) is 0 Å². The van der Waals surface area contributed by atoms with E-state index in [0.29, 0.717) is 0 Å². The Bertz CT molecular complexity index is 597. The molecule has 0 saturated carbocycles. The Morgan fingerprint density at radius 2 is 2.11 bits per heavy atom. The summed E-state index contributed by atoms with van der Waals surface area (Å²) in [4.78, 5) is 7.94. The van der Waals surface area contributed by atoms with Crippen molar-refractivity contribution in [2.75, 3.05) is 6.54 Å². The van der Waals surface area contributed by atoms with Gasteiger partial charge in [-0.2, -0.15) is 0 Å². The summed E-state index contributed by atoms with van der Waals surface area (Å²) in [6, 6.07) is 6.28. The lowest BCUT2D eigenvalue weighted by Gasteiger charge is -2.18. The minimum absolute atomic E-state index is 0.0644. The van der Waals surface area contributed by atoms with E-state index >= 15 is 0 Å². The van der Waals surface area contributed by atoms with Gasteiger partial charge in [-0.3, -0.25) is 0 Å². The van der Waals surface area contributed by atoms with Crippen LogP contribution in [-0.2, 0) is 5.41 Å². The van der Waals surface area contributed by atoms with Gasteiger partial charge in [0.05, 0.1) is 23.2 Å². The Hall–Kier alpha value is -1.39. The third-order valence-electron chi connectivity index (χ3n) is 3.85. The number of nitrogens with zero attached hydrogens (tertiary/aromatic N) is 1. The number of hydrogen-bond acceptors (Lipinski definition) is 3. The van der Waals surface area contributed by atoms with Crippen LogP contribution in [-0.4, -0.2) is 27.7 Å². The molecule has 1 aromatic heterocycles. The maximum Gasteiger partial charge on any atom is 0.127 e. The number of fused-ring (bicyclic) bond motifs is 1. The Morgan fingerprint density at radius 1 is 1.32 bits per heavy atom. The van der Waals surface area contributed by atoms with E-state index in [1.165, 1.54) is 5.56 Å². The predicted octanol–water partition coefficient (Wildman–Crippen LogP) is 2.26. The number of aromatic nitrogens is 2. The third kappa shape index (κ3) is 2.26. The molecule has 2 heterocycles. The molecule has 0 radical (unpaired) electrons. The maximum absolute atomic E-state index is 9.93. The first-order valence-electron chi connectivity index (χ1n) is 6.87. The molecule has 0 spiro atoms. The summed E-state index contributed by atoms with van der Waals surface area (Å²) in [5.74, 6) is 0.839. The molecule has 2 atom stereocenters. The number of aliphatic hydroxyl groups is 1. The molecule has 1 aliphatic rings. The fourth-order valence-electron chi connectivity index (χ4n) is 2.61. The Balaban J connectivity index is 2.01. The van der Waals surface area contributed by atoms with Gasteiger partial charge in [0.25, 0.3) is 0 Å². The monoisotopic (exact) mass is 259 g/mol. The van der Waals surface area contributed by atoms with Gasteiger partial charge < -0.3 is 15.4 Å². The van der Waals surface area contributed by atoms with Crippen LogP contribution >= 0.6 is 0 Å². The van der Waals surface area contributed by atoms with Crippen LogP contribution < -0.4 is 5.32 Å². The summed E-state index contributed by atoms with van der Waals surface area (Å²) in [7, 11) is 0. The van der Waals surface area contributed by atoms with Crippen molar-refractivity contribution in [1.82, 2.24) is 15.3 Å². The zero-order valence-corrected chi connectivity index (χ0v) is 11.7. The molecule has 0 bridgehead atoms. The molecule has 1 saturated heterocycles. The van der Waals surface area contributed by atoms with Crippen molar-refractivity contribution in [1.29, 1.82) is 0 Å². The quantitative estimate of drug-likeness (QED) is 0.736. The van der Waals surface area contributed by atoms with Crippen molar-refractivity contribution >= 4 is 11.0 Å². The van der Waals surface area contributed by atoms with Crippen molar-refractivity contribution in [3.05, 3.63) is 29.6 Å². The maximum atomic E-state index is 9.93. The number of nitrogens with one attached hydrogen (secondary N) is 2. The lowest BCUT2D eigenvalue weighted by Crippen LogP contribution is -2.22. The third-order valence-corrected chi connectivity index (χ3v) is 3.85. The van der Waals surface area contributed by atoms with Crippen LogP contribution in [0.15, 0.2) is 18.2 Å². The SMILES string of the molecule is CC(C)(C)c1ccc2nc(C3NCCC3O)[nH]c2c1. The van der Waals surface area contributed by atoms with Crippen LogP contribution in [0.5, 0.6) is 0 Å². The number of benzene rings is 1. The van der Waals surface area contributed by atoms with Gasteiger partial charge in [-0.15, -0.1) is 0 Å². The van der Waals surface area contributed by atoms with Crippen molar-refractivity contribution < 1.29 is 5.11 Å². The molecule has 2 aromatic rings. The standard InChI is InChI=1S/C15H21N3O/c1-15(2,3)9-4-5-10-11(8-9)18-14(17-10)13-12(19)6-7-16-13/h4-5,8,12-13,16,19H,6-7H2,1-3H3,(H,17,18). The molecule has 1 fully saturated rings. The van der Waals surface area contributed by atoms with Crippen LogP contribution in [0, 0.1) is 0 Å². The van der Waals surface area contributed by atoms with Gasteiger partial charge >= 0.3 is 0 Å². The van der Waals surface area contributed by atoms with E-state index < -0.39 is 0 Å². The van der Waals surface area contributed by atoms with Gasteiger partial charge in [-0.05, 0) is 36.1 Å². The molecule has 102 valence electrons. The number of H-pyrrole nitrogens is 1. The molecule has 3 N–H and O–H groups in total. The van der Waals surface area contributed by atoms with Crippen molar-refractivity contribution in [3.8, 4) is 0 Å². The van der Waals surface area contributed by atoms with E-state index in [4.69, 9.17) is 0 Å². The molecule has 0 amide bonds. The second-order valence-electron chi connectivity index (χ2n) is 6.39. The Kier molecular flexibility index (Phi) is 2.87. The van der Waals surface area contributed by atoms with Gasteiger partial charge in [-0.25, -0.2) is 4.98 Å².